The summed E-state index contributed by atoms with van der Waals surface area (Å²) < 4.78 is 5.22. The van der Waals surface area contributed by atoms with E-state index in [1.54, 1.807) is 13.0 Å². The lowest BCUT2D eigenvalue weighted by atomic mass is 10.2. The van der Waals surface area contributed by atoms with Crippen molar-refractivity contribution in [3.05, 3.63) is 47.0 Å². The van der Waals surface area contributed by atoms with Gasteiger partial charge < -0.3 is 10.1 Å². The molecule has 0 saturated carbocycles. The van der Waals surface area contributed by atoms with Crippen molar-refractivity contribution in [3.8, 4) is 0 Å². The number of alkyl carbamates (subject to hydrolysis) is 1. The second kappa shape index (κ2) is 7.77. The Hall–Kier alpha value is -1.48. The number of carbonyl (C=O) groups excluding carboxylic acids is 1. The topological polar surface area (TPSA) is 38.3 Å². The monoisotopic (exact) mass is 267 g/mol. The van der Waals surface area contributed by atoms with Crippen LogP contribution in [0, 0.1) is 0 Å². The molecule has 1 rings (SSSR count). The number of hydrogen-bond donors (Lipinski definition) is 1. The SMILES string of the molecule is CCC(C=C(C)Cl)OC(=O)NCc1ccccc1. The molecule has 98 valence electrons. The number of allylic oxidation sites excluding steroid dienone is 1. The summed E-state index contributed by atoms with van der Waals surface area (Å²) >= 11 is 5.76. The van der Waals surface area contributed by atoms with Gasteiger partial charge in [0.15, 0.2) is 0 Å². The van der Waals surface area contributed by atoms with E-state index in [-0.39, 0.29) is 6.10 Å². The summed E-state index contributed by atoms with van der Waals surface area (Å²) in [7, 11) is 0. The zero-order valence-corrected chi connectivity index (χ0v) is 11.4. The standard InChI is InChI=1S/C14H18ClNO2/c1-3-13(9-11(2)15)18-14(17)16-10-12-7-5-4-6-8-12/h4-9,13H,3,10H2,1-2H3,(H,16,17). The molecule has 0 aliphatic rings. The highest BCUT2D eigenvalue weighted by molar-refractivity contribution is 6.29. The summed E-state index contributed by atoms with van der Waals surface area (Å²) in [5.74, 6) is 0. The highest BCUT2D eigenvalue weighted by Gasteiger charge is 2.09. The average molecular weight is 268 g/mol. The average Bonchev–Trinajstić information content (AvgIpc) is 2.36. The van der Waals surface area contributed by atoms with E-state index in [1.807, 2.05) is 37.3 Å². The molecule has 0 heterocycles. The van der Waals surface area contributed by atoms with Crippen LogP contribution in [-0.4, -0.2) is 12.2 Å². The van der Waals surface area contributed by atoms with Crippen molar-refractivity contribution in [1.82, 2.24) is 5.32 Å². The van der Waals surface area contributed by atoms with Gasteiger partial charge in [-0.1, -0.05) is 48.9 Å². The zero-order valence-electron chi connectivity index (χ0n) is 10.7. The predicted octanol–water partition coefficient (Wildman–Crippen LogP) is 3.83. The minimum Gasteiger partial charge on any atom is -0.442 e. The van der Waals surface area contributed by atoms with E-state index in [0.717, 1.165) is 5.56 Å². The zero-order chi connectivity index (χ0) is 13.4. The Balaban J connectivity index is 2.39. The molecule has 1 amide bonds. The van der Waals surface area contributed by atoms with Crippen LogP contribution in [0.2, 0.25) is 0 Å². The molecular formula is C14H18ClNO2. The molecule has 0 spiro atoms. The van der Waals surface area contributed by atoms with Crippen LogP contribution in [0.3, 0.4) is 0 Å². The van der Waals surface area contributed by atoms with Gasteiger partial charge in [0.1, 0.15) is 6.10 Å². The van der Waals surface area contributed by atoms with Gasteiger partial charge in [0.25, 0.3) is 0 Å². The van der Waals surface area contributed by atoms with Crippen molar-refractivity contribution < 1.29 is 9.53 Å². The lowest BCUT2D eigenvalue weighted by Gasteiger charge is -2.13. The van der Waals surface area contributed by atoms with E-state index >= 15 is 0 Å². The fraction of sp³-hybridized carbons (Fsp3) is 0.357. The fourth-order valence-corrected chi connectivity index (χ4v) is 1.58. The fourth-order valence-electron chi connectivity index (χ4n) is 1.44. The Labute approximate surface area is 113 Å². The molecule has 1 N–H and O–H groups in total. The number of hydrogen-bond acceptors (Lipinski definition) is 2. The van der Waals surface area contributed by atoms with Crippen molar-refractivity contribution >= 4 is 17.7 Å². The highest BCUT2D eigenvalue weighted by atomic mass is 35.5. The van der Waals surface area contributed by atoms with Crippen LogP contribution >= 0.6 is 11.6 Å². The van der Waals surface area contributed by atoms with Crippen LogP contribution in [0.5, 0.6) is 0 Å². The molecular weight excluding hydrogens is 250 g/mol. The van der Waals surface area contributed by atoms with Gasteiger partial charge in [-0.2, -0.15) is 0 Å². The molecule has 1 atom stereocenters. The predicted molar refractivity (Wildman–Crippen MR) is 73.5 cm³/mol. The van der Waals surface area contributed by atoms with Gasteiger partial charge in [0, 0.05) is 11.6 Å². The molecule has 0 bridgehead atoms. The first-order valence-electron chi connectivity index (χ1n) is 5.94. The van der Waals surface area contributed by atoms with Gasteiger partial charge in [-0.05, 0) is 25.0 Å². The molecule has 0 aromatic heterocycles. The van der Waals surface area contributed by atoms with Gasteiger partial charge in [0.2, 0.25) is 0 Å². The lowest BCUT2D eigenvalue weighted by molar-refractivity contribution is 0.117. The van der Waals surface area contributed by atoms with E-state index in [9.17, 15) is 4.79 Å². The van der Waals surface area contributed by atoms with Gasteiger partial charge >= 0.3 is 6.09 Å². The largest absolute Gasteiger partial charge is 0.442 e. The maximum absolute atomic E-state index is 11.6. The molecule has 1 aromatic carbocycles. The number of benzene rings is 1. The van der Waals surface area contributed by atoms with Crippen LogP contribution in [0.25, 0.3) is 0 Å². The molecule has 0 radical (unpaired) electrons. The molecule has 1 aromatic rings. The summed E-state index contributed by atoms with van der Waals surface area (Å²) in [5.41, 5.74) is 1.03. The second-order valence-corrected chi connectivity index (χ2v) is 4.54. The Bertz CT molecular complexity index is 400. The van der Waals surface area contributed by atoms with Crippen molar-refractivity contribution in [1.29, 1.82) is 0 Å². The molecule has 18 heavy (non-hydrogen) atoms. The quantitative estimate of drug-likeness (QED) is 0.880. The minimum atomic E-state index is -0.431. The van der Waals surface area contributed by atoms with E-state index < -0.39 is 6.09 Å². The Morgan fingerprint density at radius 1 is 1.44 bits per heavy atom. The van der Waals surface area contributed by atoms with Gasteiger partial charge in [-0.15, -0.1) is 0 Å². The van der Waals surface area contributed by atoms with Crippen LogP contribution in [0.4, 0.5) is 4.79 Å². The molecule has 3 nitrogen and oxygen atoms in total. The first-order chi connectivity index (χ1) is 8.61. The van der Waals surface area contributed by atoms with Gasteiger partial charge in [-0.3, -0.25) is 0 Å². The van der Waals surface area contributed by atoms with E-state index in [1.165, 1.54) is 0 Å². The number of carbonyl (C=O) groups is 1. The second-order valence-electron chi connectivity index (χ2n) is 3.94. The Morgan fingerprint density at radius 2 is 2.11 bits per heavy atom. The number of amides is 1. The summed E-state index contributed by atoms with van der Waals surface area (Å²) in [5, 5.41) is 3.33. The van der Waals surface area contributed by atoms with E-state index in [4.69, 9.17) is 16.3 Å². The highest BCUT2D eigenvalue weighted by Crippen LogP contribution is 2.07. The van der Waals surface area contributed by atoms with E-state index in [2.05, 4.69) is 5.32 Å². The van der Waals surface area contributed by atoms with Crippen LogP contribution < -0.4 is 5.32 Å². The summed E-state index contributed by atoms with van der Waals surface area (Å²) in [6.45, 7) is 4.15. The number of halogens is 1. The van der Waals surface area contributed by atoms with Gasteiger partial charge in [0.05, 0.1) is 0 Å². The van der Waals surface area contributed by atoms with Crippen LogP contribution in [0.15, 0.2) is 41.4 Å². The minimum absolute atomic E-state index is 0.279. The molecule has 1 unspecified atom stereocenters. The summed E-state index contributed by atoms with van der Waals surface area (Å²) in [6.07, 6.45) is 1.71. The van der Waals surface area contributed by atoms with Crippen molar-refractivity contribution in [2.24, 2.45) is 0 Å². The summed E-state index contributed by atoms with van der Waals surface area (Å²) in [6, 6.07) is 9.68. The summed E-state index contributed by atoms with van der Waals surface area (Å²) in [4.78, 5) is 11.6. The molecule has 4 heteroatoms. The van der Waals surface area contributed by atoms with E-state index in [0.29, 0.717) is 18.0 Å². The van der Waals surface area contributed by atoms with Crippen LogP contribution in [-0.2, 0) is 11.3 Å². The maximum Gasteiger partial charge on any atom is 0.407 e. The number of ether oxygens (including phenoxy) is 1. The molecule has 0 aliphatic carbocycles. The smallest absolute Gasteiger partial charge is 0.407 e. The first kappa shape index (κ1) is 14.6. The number of nitrogens with one attached hydrogen (secondary N) is 1. The number of rotatable bonds is 5. The normalized spacial score (nSPS) is 12.9. The third-order valence-corrected chi connectivity index (χ3v) is 2.48. The van der Waals surface area contributed by atoms with Crippen molar-refractivity contribution in [3.63, 3.8) is 0 Å². The Morgan fingerprint density at radius 3 is 2.67 bits per heavy atom. The van der Waals surface area contributed by atoms with Crippen molar-refractivity contribution in [2.75, 3.05) is 0 Å². The van der Waals surface area contributed by atoms with Crippen LogP contribution in [0.1, 0.15) is 25.8 Å². The molecule has 0 aliphatic heterocycles. The van der Waals surface area contributed by atoms with Crippen molar-refractivity contribution in [2.45, 2.75) is 32.9 Å². The third kappa shape index (κ3) is 5.73. The maximum atomic E-state index is 11.6. The third-order valence-electron chi connectivity index (χ3n) is 2.36. The van der Waals surface area contributed by atoms with Gasteiger partial charge in [-0.25, -0.2) is 4.79 Å². The first-order valence-corrected chi connectivity index (χ1v) is 6.32. The molecule has 0 saturated heterocycles. The molecule has 0 fully saturated rings. The lowest BCUT2D eigenvalue weighted by Crippen LogP contribution is -2.27. The Kier molecular flexibility index (Phi) is 6.29.